The van der Waals surface area contributed by atoms with Gasteiger partial charge >= 0.3 is 0 Å². The van der Waals surface area contributed by atoms with E-state index in [1.165, 1.54) is 6.42 Å². The molecule has 2 atom stereocenters. The Kier molecular flexibility index (Phi) is 3.32. The van der Waals surface area contributed by atoms with Crippen LogP contribution in [0.25, 0.3) is 0 Å². The zero-order valence-corrected chi connectivity index (χ0v) is 12.1. The van der Waals surface area contributed by atoms with E-state index in [1.54, 1.807) is 0 Å². The summed E-state index contributed by atoms with van der Waals surface area (Å²) in [5.74, 6) is 2.12. The molecule has 1 fully saturated rings. The zero-order chi connectivity index (χ0) is 14.3. The maximum Gasteiger partial charge on any atom is 0.228 e. The Morgan fingerprint density at radius 3 is 2.60 bits per heavy atom. The number of hydrogen-bond donors (Lipinski definition) is 2. The Bertz CT molecular complexity index is 532. The van der Waals surface area contributed by atoms with Crippen molar-refractivity contribution >= 4 is 17.3 Å². The second kappa shape index (κ2) is 5.00. The smallest absolute Gasteiger partial charge is 0.228 e. The number of carbonyl (C=O) groups is 1. The van der Waals surface area contributed by atoms with Crippen molar-refractivity contribution in [3.05, 3.63) is 17.7 Å². The first-order valence-corrected chi connectivity index (χ1v) is 7.40. The van der Waals surface area contributed by atoms with E-state index >= 15 is 0 Å². The highest BCUT2D eigenvalue weighted by Gasteiger charge is 2.27. The van der Waals surface area contributed by atoms with Gasteiger partial charge in [-0.05, 0) is 42.7 Å². The maximum atomic E-state index is 11.4. The number of anilines is 2. The molecule has 0 bridgehead atoms. The summed E-state index contributed by atoms with van der Waals surface area (Å²) >= 11 is 0. The molecule has 3 N–H and O–H groups in total. The van der Waals surface area contributed by atoms with Crippen LogP contribution >= 0.6 is 0 Å². The zero-order valence-electron chi connectivity index (χ0n) is 12.1. The molecule has 0 aromatic heterocycles. The molecule has 20 heavy (non-hydrogen) atoms. The number of hydrogen-bond acceptors (Lipinski definition) is 3. The molecule has 3 rings (SSSR count). The second-order valence-corrected chi connectivity index (χ2v) is 6.43. The monoisotopic (exact) mass is 274 g/mol. The predicted molar refractivity (Wildman–Crippen MR) is 79.8 cm³/mol. The van der Waals surface area contributed by atoms with Crippen molar-refractivity contribution in [1.29, 1.82) is 0 Å². The van der Waals surface area contributed by atoms with Crippen LogP contribution in [0.4, 0.5) is 11.4 Å². The summed E-state index contributed by atoms with van der Waals surface area (Å²) in [6, 6.07) is 3.73. The van der Waals surface area contributed by atoms with Crippen molar-refractivity contribution < 1.29 is 9.53 Å². The van der Waals surface area contributed by atoms with Crippen molar-refractivity contribution in [2.24, 2.45) is 11.8 Å². The van der Waals surface area contributed by atoms with Gasteiger partial charge < -0.3 is 15.8 Å². The summed E-state index contributed by atoms with van der Waals surface area (Å²) in [6.45, 7) is 4.55. The van der Waals surface area contributed by atoms with E-state index < -0.39 is 0 Å². The topological polar surface area (TPSA) is 64.3 Å². The van der Waals surface area contributed by atoms with Crippen molar-refractivity contribution in [2.45, 2.75) is 45.6 Å². The third kappa shape index (κ3) is 2.60. The highest BCUT2D eigenvalue weighted by atomic mass is 16.5. The Morgan fingerprint density at radius 2 is 1.90 bits per heavy atom. The fourth-order valence-corrected chi connectivity index (χ4v) is 3.52. The van der Waals surface area contributed by atoms with Gasteiger partial charge in [-0.1, -0.05) is 13.8 Å². The van der Waals surface area contributed by atoms with Crippen LogP contribution in [0, 0.1) is 11.8 Å². The van der Waals surface area contributed by atoms with E-state index in [1.807, 2.05) is 12.1 Å². The van der Waals surface area contributed by atoms with Gasteiger partial charge in [-0.3, -0.25) is 4.79 Å². The molecule has 1 amide bonds. The van der Waals surface area contributed by atoms with Gasteiger partial charge in [0.05, 0.1) is 18.2 Å². The van der Waals surface area contributed by atoms with Crippen LogP contribution in [-0.4, -0.2) is 12.0 Å². The third-order valence-electron chi connectivity index (χ3n) is 4.29. The van der Waals surface area contributed by atoms with Gasteiger partial charge in [-0.15, -0.1) is 0 Å². The highest BCUT2D eigenvalue weighted by molar-refractivity contribution is 6.00. The van der Waals surface area contributed by atoms with Gasteiger partial charge in [0.25, 0.3) is 0 Å². The number of rotatable bonds is 2. The second-order valence-electron chi connectivity index (χ2n) is 6.43. The number of carbonyl (C=O) groups excluding carboxylic acids is 1. The van der Waals surface area contributed by atoms with Crippen LogP contribution in [0.2, 0.25) is 0 Å². The van der Waals surface area contributed by atoms with Gasteiger partial charge in [0.15, 0.2) is 0 Å². The summed E-state index contributed by atoms with van der Waals surface area (Å²) in [4.78, 5) is 11.4. The van der Waals surface area contributed by atoms with Crippen molar-refractivity contribution in [3.63, 3.8) is 0 Å². The van der Waals surface area contributed by atoms with Gasteiger partial charge in [0.1, 0.15) is 5.75 Å². The van der Waals surface area contributed by atoms with Crippen LogP contribution in [-0.2, 0) is 11.2 Å². The molecule has 2 aliphatic rings. The van der Waals surface area contributed by atoms with Gasteiger partial charge in [-0.25, -0.2) is 0 Å². The molecule has 0 saturated heterocycles. The first-order chi connectivity index (χ1) is 9.51. The standard InChI is InChI=1S/C16H22N2O2/c1-9-3-10(2)5-12(4-9)20-15-8-14-11(6-13(15)17)7-16(19)18-14/h6,8-10,12H,3-5,7,17H2,1-2H3,(H,18,19). The Hall–Kier alpha value is -1.71. The highest BCUT2D eigenvalue weighted by Crippen LogP contribution is 2.36. The molecule has 1 saturated carbocycles. The molecule has 1 aliphatic carbocycles. The number of fused-ring (bicyclic) bond motifs is 1. The number of benzene rings is 1. The van der Waals surface area contributed by atoms with Crippen LogP contribution in [0.5, 0.6) is 5.75 Å². The number of amides is 1. The van der Waals surface area contributed by atoms with Crippen molar-refractivity contribution in [2.75, 3.05) is 11.1 Å². The average molecular weight is 274 g/mol. The van der Waals surface area contributed by atoms with E-state index in [-0.39, 0.29) is 12.0 Å². The maximum absolute atomic E-state index is 11.4. The van der Waals surface area contributed by atoms with Gasteiger partial charge in [0, 0.05) is 11.8 Å². The number of nitrogen functional groups attached to an aromatic ring is 1. The van der Waals surface area contributed by atoms with E-state index in [9.17, 15) is 4.79 Å². The lowest BCUT2D eigenvalue weighted by molar-refractivity contribution is -0.115. The van der Waals surface area contributed by atoms with E-state index in [0.717, 1.165) is 24.1 Å². The molecule has 1 aliphatic heterocycles. The number of nitrogens with one attached hydrogen (secondary N) is 1. The molecule has 108 valence electrons. The summed E-state index contributed by atoms with van der Waals surface area (Å²) in [6.07, 6.45) is 4.07. The first-order valence-electron chi connectivity index (χ1n) is 7.40. The summed E-state index contributed by atoms with van der Waals surface area (Å²) < 4.78 is 6.11. The molecule has 4 heteroatoms. The number of nitrogens with two attached hydrogens (primary N) is 1. The normalized spacial score (nSPS) is 28.9. The van der Waals surface area contributed by atoms with Gasteiger partial charge in [-0.2, -0.15) is 0 Å². The van der Waals surface area contributed by atoms with Crippen molar-refractivity contribution in [1.82, 2.24) is 0 Å². The quantitative estimate of drug-likeness (QED) is 0.815. The molecule has 1 heterocycles. The van der Waals surface area contributed by atoms with Crippen LogP contribution < -0.4 is 15.8 Å². The summed E-state index contributed by atoms with van der Waals surface area (Å²) in [5, 5.41) is 2.85. The van der Waals surface area contributed by atoms with Crippen molar-refractivity contribution in [3.8, 4) is 5.75 Å². The molecule has 2 unspecified atom stereocenters. The molecular weight excluding hydrogens is 252 g/mol. The third-order valence-corrected chi connectivity index (χ3v) is 4.29. The lowest BCUT2D eigenvalue weighted by atomic mass is 9.82. The minimum atomic E-state index is 0.0245. The lowest BCUT2D eigenvalue weighted by Crippen LogP contribution is -2.28. The SMILES string of the molecule is CC1CC(C)CC(Oc2cc3c(cc2N)CC(=O)N3)C1. The Labute approximate surface area is 119 Å². The molecule has 1 aromatic carbocycles. The van der Waals surface area contributed by atoms with E-state index in [4.69, 9.17) is 10.5 Å². The van der Waals surface area contributed by atoms with E-state index in [0.29, 0.717) is 29.7 Å². The fraction of sp³-hybridized carbons (Fsp3) is 0.562. The van der Waals surface area contributed by atoms with Crippen LogP contribution in [0.15, 0.2) is 12.1 Å². The Balaban J connectivity index is 1.78. The predicted octanol–water partition coefficient (Wildman–Crippen LogP) is 2.97. The molecule has 1 aromatic rings. The fourth-order valence-electron chi connectivity index (χ4n) is 3.52. The van der Waals surface area contributed by atoms with E-state index in [2.05, 4.69) is 19.2 Å². The minimum absolute atomic E-state index is 0.0245. The average Bonchev–Trinajstić information content (AvgIpc) is 2.67. The lowest BCUT2D eigenvalue weighted by Gasteiger charge is -2.32. The number of ether oxygens (including phenoxy) is 1. The molecule has 0 spiro atoms. The van der Waals surface area contributed by atoms with Crippen LogP contribution in [0.3, 0.4) is 0 Å². The molecule has 4 nitrogen and oxygen atoms in total. The molecular formula is C16H22N2O2. The Morgan fingerprint density at radius 1 is 1.20 bits per heavy atom. The molecule has 0 radical (unpaired) electrons. The van der Waals surface area contributed by atoms with Gasteiger partial charge in [0.2, 0.25) is 5.91 Å². The summed E-state index contributed by atoms with van der Waals surface area (Å²) in [5.41, 5.74) is 8.50. The first kappa shape index (κ1) is 13.3. The summed E-state index contributed by atoms with van der Waals surface area (Å²) in [7, 11) is 0. The van der Waals surface area contributed by atoms with Crippen LogP contribution in [0.1, 0.15) is 38.7 Å². The largest absolute Gasteiger partial charge is 0.488 e. The minimum Gasteiger partial charge on any atom is -0.488 e.